The lowest BCUT2D eigenvalue weighted by molar-refractivity contribution is 0.0894. The molecule has 0 aliphatic carbocycles. The molecule has 0 atom stereocenters. The van der Waals surface area contributed by atoms with Crippen LogP contribution in [0.5, 0.6) is 0 Å². The number of carbonyl (C=O) groups excluding carboxylic acids is 2. The predicted molar refractivity (Wildman–Crippen MR) is 83.2 cm³/mol. The minimum absolute atomic E-state index is 0.0902. The minimum Gasteiger partial charge on any atom is -0.294 e. The van der Waals surface area contributed by atoms with Crippen molar-refractivity contribution in [1.29, 1.82) is 0 Å². The lowest BCUT2D eigenvalue weighted by Crippen LogP contribution is -2.08. The van der Waals surface area contributed by atoms with Crippen LogP contribution in [-0.4, -0.2) is 11.6 Å². The van der Waals surface area contributed by atoms with Gasteiger partial charge in [-0.15, -0.1) is 0 Å². The maximum Gasteiger partial charge on any atom is 0.170 e. The molecule has 0 saturated carbocycles. The lowest BCUT2D eigenvalue weighted by atomic mass is 10.0. The molecule has 0 saturated heterocycles. The maximum atomic E-state index is 12.1. The molecule has 3 heteroatoms. The molecule has 20 heavy (non-hydrogen) atoms. The highest BCUT2D eigenvalue weighted by Crippen LogP contribution is 2.14. The van der Waals surface area contributed by atoms with Crippen LogP contribution in [0, 0.1) is 0 Å². The van der Waals surface area contributed by atoms with Gasteiger partial charge in [0.2, 0.25) is 0 Å². The van der Waals surface area contributed by atoms with Gasteiger partial charge in [0.1, 0.15) is 0 Å². The monoisotopic (exact) mass is 330 g/mol. The molecule has 0 amide bonds. The Morgan fingerprint density at radius 2 is 1.30 bits per heavy atom. The summed E-state index contributed by atoms with van der Waals surface area (Å²) < 4.78 is 0.913. The zero-order valence-corrected chi connectivity index (χ0v) is 12.8. The second-order valence-corrected chi connectivity index (χ2v) is 5.50. The van der Waals surface area contributed by atoms with Crippen molar-refractivity contribution in [3.8, 4) is 0 Å². The number of carbonyl (C=O) groups is 2. The topological polar surface area (TPSA) is 34.1 Å². The highest BCUT2D eigenvalue weighted by atomic mass is 79.9. The van der Waals surface area contributed by atoms with Crippen molar-refractivity contribution in [3.05, 3.63) is 69.7 Å². The Morgan fingerprint density at radius 1 is 0.850 bits per heavy atom. The normalized spacial score (nSPS) is 10.3. The molecule has 0 radical (unpaired) electrons. The molecule has 0 aliphatic rings. The van der Waals surface area contributed by atoms with E-state index in [4.69, 9.17) is 0 Å². The summed E-state index contributed by atoms with van der Waals surface area (Å²) in [6.07, 6.45) is 0.847. The summed E-state index contributed by atoms with van der Waals surface area (Å²) in [5.74, 6) is -0.289. The number of hydrogen-bond acceptors (Lipinski definition) is 2. The average Bonchev–Trinajstić information content (AvgIpc) is 2.48. The van der Waals surface area contributed by atoms with E-state index >= 15 is 0 Å². The first-order valence-corrected chi connectivity index (χ1v) is 7.30. The molecular formula is C17H15BrO2. The number of ketones is 2. The molecule has 0 aliphatic heterocycles. The minimum atomic E-state index is -0.151. The van der Waals surface area contributed by atoms with Gasteiger partial charge < -0.3 is 0 Å². The van der Waals surface area contributed by atoms with E-state index in [0.29, 0.717) is 11.1 Å². The van der Waals surface area contributed by atoms with Crippen LogP contribution < -0.4 is 0 Å². The predicted octanol–water partition coefficient (Wildman–Crippen LogP) is 4.47. The van der Waals surface area contributed by atoms with E-state index in [1.165, 1.54) is 5.56 Å². The van der Waals surface area contributed by atoms with Crippen molar-refractivity contribution in [2.24, 2.45) is 0 Å². The van der Waals surface area contributed by atoms with Crippen LogP contribution in [0.15, 0.2) is 53.0 Å². The smallest absolute Gasteiger partial charge is 0.170 e. The average molecular weight is 331 g/mol. The fourth-order valence-corrected chi connectivity index (χ4v) is 2.18. The summed E-state index contributed by atoms with van der Waals surface area (Å²) in [6.45, 7) is 2.06. The van der Waals surface area contributed by atoms with Crippen molar-refractivity contribution >= 4 is 27.5 Å². The lowest BCUT2D eigenvalue weighted by Gasteiger charge is -2.03. The summed E-state index contributed by atoms with van der Waals surface area (Å²) in [6, 6.07) is 14.5. The van der Waals surface area contributed by atoms with Gasteiger partial charge in [-0.05, 0) is 24.1 Å². The molecule has 0 N–H and O–H groups in total. The summed E-state index contributed by atoms with van der Waals surface area (Å²) >= 11 is 3.32. The van der Waals surface area contributed by atoms with E-state index in [1.54, 1.807) is 36.4 Å². The third-order valence-corrected chi connectivity index (χ3v) is 3.70. The van der Waals surface area contributed by atoms with Crippen molar-refractivity contribution in [1.82, 2.24) is 0 Å². The van der Waals surface area contributed by atoms with E-state index in [0.717, 1.165) is 10.9 Å². The zero-order valence-electron chi connectivity index (χ0n) is 11.2. The van der Waals surface area contributed by atoms with Gasteiger partial charge in [-0.25, -0.2) is 0 Å². The van der Waals surface area contributed by atoms with Gasteiger partial charge >= 0.3 is 0 Å². The van der Waals surface area contributed by atoms with E-state index in [2.05, 4.69) is 22.9 Å². The number of rotatable bonds is 5. The van der Waals surface area contributed by atoms with E-state index in [-0.39, 0.29) is 18.0 Å². The van der Waals surface area contributed by atoms with Crippen molar-refractivity contribution in [2.75, 3.05) is 0 Å². The number of hydrogen-bond donors (Lipinski definition) is 0. The molecule has 2 nitrogen and oxygen atoms in total. The Hall–Kier alpha value is -1.74. The molecule has 0 fully saturated rings. The van der Waals surface area contributed by atoms with Crippen LogP contribution in [0.25, 0.3) is 0 Å². The molecular weight excluding hydrogens is 316 g/mol. The molecule has 2 rings (SSSR count). The van der Waals surface area contributed by atoms with Crippen LogP contribution in [0.2, 0.25) is 0 Å². The van der Waals surface area contributed by atoms with Gasteiger partial charge in [-0.2, -0.15) is 0 Å². The highest BCUT2D eigenvalue weighted by molar-refractivity contribution is 9.10. The van der Waals surface area contributed by atoms with Crippen molar-refractivity contribution < 1.29 is 9.59 Å². The van der Waals surface area contributed by atoms with Crippen molar-refractivity contribution in [3.63, 3.8) is 0 Å². The fourth-order valence-electron chi connectivity index (χ4n) is 1.91. The van der Waals surface area contributed by atoms with E-state index in [1.807, 2.05) is 12.1 Å². The Morgan fingerprint density at radius 3 is 1.75 bits per heavy atom. The summed E-state index contributed by atoms with van der Waals surface area (Å²) in [5, 5.41) is 0. The molecule has 2 aromatic rings. The first-order chi connectivity index (χ1) is 9.60. The molecule has 0 unspecified atom stereocenters. The van der Waals surface area contributed by atoms with Crippen LogP contribution in [0.4, 0.5) is 0 Å². The van der Waals surface area contributed by atoms with Gasteiger partial charge in [0, 0.05) is 15.6 Å². The molecule has 102 valence electrons. The van der Waals surface area contributed by atoms with Crippen LogP contribution in [0.3, 0.4) is 0 Å². The van der Waals surface area contributed by atoms with Gasteiger partial charge in [0.25, 0.3) is 0 Å². The third kappa shape index (κ3) is 3.64. The van der Waals surface area contributed by atoms with Gasteiger partial charge in [0.15, 0.2) is 11.6 Å². The molecule has 0 spiro atoms. The molecule has 0 bridgehead atoms. The number of halogens is 1. The van der Waals surface area contributed by atoms with E-state index < -0.39 is 0 Å². The highest BCUT2D eigenvalue weighted by Gasteiger charge is 2.13. The van der Waals surface area contributed by atoms with Gasteiger partial charge in [-0.1, -0.05) is 59.3 Å². The Bertz CT molecular complexity index is 612. The number of Topliss-reactive ketones (excluding diaryl/α,β-unsaturated/α-hetero) is 2. The standard InChI is InChI=1S/C17H15BrO2/c1-2-12-3-5-13(6-4-12)16(19)11-17(20)14-7-9-15(18)10-8-14/h3-10H,2,11H2,1H3. The third-order valence-electron chi connectivity index (χ3n) is 3.17. The largest absolute Gasteiger partial charge is 0.294 e. The quantitative estimate of drug-likeness (QED) is 0.598. The number of aryl methyl sites for hydroxylation is 1. The fraction of sp³-hybridized carbons (Fsp3) is 0.176. The summed E-state index contributed by atoms with van der Waals surface area (Å²) in [7, 11) is 0. The Balaban J connectivity index is 2.06. The first kappa shape index (κ1) is 14.7. The molecule has 2 aromatic carbocycles. The first-order valence-electron chi connectivity index (χ1n) is 6.51. The number of benzene rings is 2. The molecule has 0 heterocycles. The molecule has 0 aromatic heterocycles. The maximum absolute atomic E-state index is 12.1. The van der Waals surface area contributed by atoms with Crippen molar-refractivity contribution in [2.45, 2.75) is 19.8 Å². The van der Waals surface area contributed by atoms with Crippen LogP contribution in [0.1, 0.15) is 39.6 Å². The van der Waals surface area contributed by atoms with Gasteiger partial charge in [0.05, 0.1) is 6.42 Å². The summed E-state index contributed by atoms with van der Waals surface area (Å²) in [4.78, 5) is 24.1. The second-order valence-electron chi connectivity index (χ2n) is 4.58. The second kappa shape index (κ2) is 6.62. The van der Waals surface area contributed by atoms with Crippen LogP contribution >= 0.6 is 15.9 Å². The Kier molecular flexibility index (Phi) is 4.85. The van der Waals surface area contributed by atoms with E-state index in [9.17, 15) is 9.59 Å². The zero-order chi connectivity index (χ0) is 14.5. The SMILES string of the molecule is CCc1ccc(C(=O)CC(=O)c2ccc(Br)cc2)cc1. The summed E-state index contributed by atoms with van der Waals surface area (Å²) in [5.41, 5.74) is 2.33. The Labute approximate surface area is 127 Å². The van der Waals surface area contributed by atoms with Crippen LogP contribution in [-0.2, 0) is 6.42 Å². The van der Waals surface area contributed by atoms with Gasteiger partial charge in [-0.3, -0.25) is 9.59 Å².